The van der Waals surface area contributed by atoms with Gasteiger partial charge in [-0.1, -0.05) is 19.1 Å². The first-order chi connectivity index (χ1) is 6.33. The second-order valence-electron chi connectivity index (χ2n) is 3.03. The normalized spacial score (nSPS) is 10.5. The number of hydrogen-bond donors (Lipinski definition) is 1. The van der Waals surface area contributed by atoms with Crippen molar-refractivity contribution in [3.8, 4) is 5.75 Å². The van der Waals surface area contributed by atoms with Gasteiger partial charge in [0.2, 0.25) is 0 Å². The molecule has 2 aromatic rings. The van der Waals surface area contributed by atoms with E-state index in [2.05, 4.69) is 11.9 Å². The van der Waals surface area contributed by atoms with Crippen molar-refractivity contribution in [2.75, 3.05) is 0 Å². The number of fused-ring (bicyclic) bond motifs is 1. The number of phenolic OH excluding ortho intramolecular Hbond substituents is 1. The van der Waals surface area contributed by atoms with Crippen molar-refractivity contribution in [3.63, 3.8) is 0 Å². The lowest BCUT2D eigenvalue weighted by Gasteiger charge is -2.04. The summed E-state index contributed by atoms with van der Waals surface area (Å²) >= 11 is 0. The van der Waals surface area contributed by atoms with Gasteiger partial charge >= 0.3 is 0 Å². The fraction of sp³-hybridized carbons (Fsp3) is 0.182. The van der Waals surface area contributed by atoms with Crippen molar-refractivity contribution in [1.82, 2.24) is 4.98 Å². The zero-order chi connectivity index (χ0) is 9.26. The van der Waals surface area contributed by atoms with E-state index in [4.69, 9.17) is 0 Å². The molecule has 2 nitrogen and oxygen atoms in total. The highest BCUT2D eigenvalue weighted by atomic mass is 16.3. The van der Waals surface area contributed by atoms with Crippen LogP contribution in [-0.4, -0.2) is 10.1 Å². The lowest BCUT2D eigenvalue weighted by molar-refractivity contribution is 0.481. The van der Waals surface area contributed by atoms with Crippen molar-refractivity contribution < 1.29 is 5.11 Å². The van der Waals surface area contributed by atoms with Crippen LogP contribution in [-0.2, 0) is 6.42 Å². The van der Waals surface area contributed by atoms with E-state index in [0.29, 0.717) is 5.75 Å². The van der Waals surface area contributed by atoms with Crippen LogP contribution in [0.1, 0.15) is 12.5 Å². The maximum atomic E-state index is 9.66. The van der Waals surface area contributed by atoms with E-state index in [9.17, 15) is 5.11 Å². The van der Waals surface area contributed by atoms with Gasteiger partial charge in [-0.15, -0.1) is 0 Å². The molecular formula is C11H11NO. The second kappa shape index (κ2) is 3.05. The van der Waals surface area contributed by atoms with E-state index in [1.54, 1.807) is 12.3 Å². The van der Waals surface area contributed by atoms with Crippen molar-refractivity contribution in [1.29, 1.82) is 0 Å². The minimum atomic E-state index is 0.344. The Morgan fingerprint density at radius 3 is 2.92 bits per heavy atom. The van der Waals surface area contributed by atoms with Crippen LogP contribution >= 0.6 is 0 Å². The van der Waals surface area contributed by atoms with Crippen LogP contribution in [0.4, 0.5) is 0 Å². The van der Waals surface area contributed by atoms with Crippen LogP contribution in [0.5, 0.6) is 5.75 Å². The third-order valence-electron chi connectivity index (χ3n) is 2.22. The summed E-state index contributed by atoms with van der Waals surface area (Å²) in [5, 5.41) is 11.6. The number of hydrogen-bond acceptors (Lipinski definition) is 2. The Bertz CT molecular complexity index is 432. The third-order valence-corrected chi connectivity index (χ3v) is 2.22. The topological polar surface area (TPSA) is 33.1 Å². The molecule has 2 rings (SSSR count). The van der Waals surface area contributed by atoms with Crippen molar-refractivity contribution in [2.24, 2.45) is 0 Å². The SMILES string of the molecule is CCc1cncc2cccc(O)c12. The fourth-order valence-corrected chi connectivity index (χ4v) is 1.56. The Morgan fingerprint density at radius 1 is 1.31 bits per heavy atom. The zero-order valence-corrected chi connectivity index (χ0v) is 7.49. The molecule has 0 spiro atoms. The maximum Gasteiger partial charge on any atom is 0.123 e. The molecule has 13 heavy (non-hydrogen) atoms. The molecule has 2 heteroatoms. The summed E-state index contributed by atoms with van der Waals surface area (Å²) in [5.74, 6) is 0.344. The van der Waals surface area contributed by atoms with E-state index < -0.39 is 0 Å². The maximum absolute atomic E-state index is 9.66. The van der Waals surface area contributed by atoms with Gasteiger partial charge in [0.05, 0.1) is 0 Å². The van der Waals surface area contributed by atoms with Crippen molar-refractivity contribution in [3.05, 3.63) is 36.2 Å². The van der Waals surface area contributed by atoms with Gasteiger partial charge in [-0.2, -0.15) is 0 Å². The Labute approximate surface area is 76.9 Å². The molecule has 0 aliphatic carbocycles. The van der Waals surface area contributed by atoms with Crippen LogP contribution in [0.3, 0.4) is 0 Å². The van der Waals surface area contributed by atoms with E-state index in [0.717, 1.165) is 22.8 Å². The third kappa shape index (κ3) is 1.24. The molecular weight excluding hydrogens is 162 g/mol. The fourth-order valence-electron chi connectivity index (χ4n) is 1.56. The van der Waals surface area contributed by atoms with Gasteiger partial charge in [0.25, 0.3) is 0 Å². The smallest absolute Gasteiger partial charge is 0.123 e. The molecule has 0 bridgehead atoms. The van der Waals surface area contributed by atoms with E-state index in [1.165, 1.54) is 0 Å². The minimum absolute atomic E-state index is 0.344. The standard InChI is InChI=1S/C11H11NO/c1-2-8-6-12-7-9-4-3-5-10(13)11(8)9/h3-7,13H,2H2,1H3. The van der Waals surface area contributed by atoms with Crippen LogP contribution in [0.15, 0.2) is 30.6 Å². The predicted octanol–water partition coefficient (Wildman–Crippen LogP) is 2.50. The Kier molecular flexibility index (Phi) is 1.89. The van der Waals surface area contributed by atoms with E-state index >= 15 is 0 Å². The highest BCUT2D eigenvalue weighted by Gasteiger charge is 2.03. The molecule has 0 fully saturated rings. The number of nitrogens with zero attached hydrogens (tertiary/aromatic N) is 1. The number of aryl methyl sites for hydroxylation is 1. The van der Waals surface area contributed by atoms with Crippen LogP contribution in [0.25, 0.3) is 10.8 Å². The average Bonchev–Trinajstić information content (AvgIpc) is 2.17. The van der Waals surface area contributed by atoms with Gasteiger partial charge in [-0.25, -0.2) is 0 Å². The van der Waals surface area contributed by atoms with Crippen LogP contribution < -0.4 is 0 Å². The molecule has 0 amide bonds. The summed E-state index contributed by atoms with van der Waals surface area (Å²) in [6.45, 7) is 2.06. The molecule has 0 unspecified atom stereocenters. The molecule has 0 saturated carbocycles. The number of phenols is 1. The van der Waals surface area contributed by atoms with Gasteiger partial charge in [0.15, 0.2) is 0 Å². The summed E-state index contributed by atoms with van der Waals surface area (Å²) < 4.78 is 0. The van der Waals surface area contributed by atoms with Gasteiger partial charge in [-0.05, 0) is 18.1 Å². The molecule has 0 aliphatic rings. The first-order valence-corrected chi connectivity index (χ1v) is 4.37. The summed E-state index contributed by atoms with van der Waals surface area (Å²) in [4.78, 5) is 4.11. The predicted molar refractivity (Wildman–Crippen MR) is 52.8 cm³/mol. The lowest BCUT2D eigenvalue weighted by atomic mass is 10.1. The molecule has 0 radical (unpaired) electrons. The quantitative estimate of drug-likeness (QED) is 0.718. The minimum Gasteiger partial charge on any atom is -0.507 e. The molecule has 1 aromatic carbocycles. The Hall–Kier alpha value is -1.57. The van der Waals surface area contributed by atoms with Gasteiger partial charge in [0, 0.05) is 23.2 Å². The molecule has 1 heterocycles. The van der Waals surface area contributed by atoms with Crippen molar-refractivity contribution in [2.45, 2.75) is 13.3 Å². The zero-order valence-electron chi connectivity index (χ0n) is 7.49. The monoisotopic (exact) mass is 173 g/mol. The Balaban J connectivity index is 2.87. The summed E-state index contributed by atoms with van der Waals surface area (Å²) in [6.07, 6.45) is 4.47. The summed E-state index contributed by atoms with van der Waals surface area (Å²) in [7, 11) is 0. The number of aromatic hydroxyl groups is 1. The molecule has 1 aromatic heterocycles. The second-order valence-corrected chi connectivity index (χ2v) is 3.03. The van der Waals surface area contributed by atoms with Crippen LogP contribution in [0.2, 0.25) is 0 Å². The van der Waals surface area contributed by atoms with E-state index in [1.807, 2.05) is 18.3 Å². The van der Waals surface area contributed by atoms with Gasteiger partial charge in [-0.3, -0.25) is 4.98 Å². The molecule has 66 valence electrons. The largest absolute Gasteiger partial charge is 0.507 e. The number of benzene rings is 1. The van der Waals surface area contributed by atoms with E-state index in [-0.39, 0.29) is 0 Å². The molecule has 0 saturated heterocycles. The average molecular weight is 173 g/mol. The molecule has 0 aliphatic heterocycles. The summed E-state index contributed by atoms with van der Waals surface area (Å²) in [6, 6.07) is 5.50. The number of pyridine rings is 1. The van der Waals surface area contributed by atoms with Crippen molar-refractivity contribution >= 4 is 10.8 Å². The Morgan fingerprint density at radius 2 is 2.15 bits per heavy atom. The molecule has 0 atom stereocenters. The number of aromatic nitrogens is 1. The highest BCUT2D eigenvalue weighted by Crippen LogP contribution is 2.26. The lowest BCUT2D eigenvalue weighted by Crippen LogP contribution is -1.86. The summed E-state index contributed by atoms with van der Waals surface area (Å²) in [5.41, 5.74) is 1.09. The first-order valence-electron chi connectivity index (χ1n) is 4.37. The van der Waals surface area contributed by atoms with Gasteiger partial charge < -0.3 is 5.11 Å². The first kappa shape index (κ1) is 8.05. The highest BCUT2D eigenvalue weighted by molar-refractivity contribution is 5.90. The van der Waals surface area contributed by atoms with Gasteiger partial charge in [0.1, 0.15) is 5.75 Å². The van der Waals surface area contributed by atoms with Crippen LogP contribution in [0, 0.1) is 0 Å². The molecule has 1 N–H and O–H groups in total. The number of rotatable bonds is 1.